The Kier molecular flexibility index (Phi) is 6.24. The van der Waals surface area contributed by atoms with Gasteiger partial charge in [-0.15, -0.1) is 11.3 Å². The fourth-order valence-corrected chi connectivity index (χ4v) is 3.63. The van der Waals surface area contributed by atoms with Crippen LogP contribution in [0.3, 0.4) is 0 Å². The SMILES string of the molecule is NC(=NCC(O)CN1CCOCC1)N1CCN(c2nccs2)CC1. The highest BCUT2D eigenvalue weighted by atomic mass is 32.1. The summed E-state index contributed by atoms with van der Waals surface area (Å²) in [7, 11) is 0. The Hall–Kier alpha value is -1.42. The molecule has 134 valence electrons. The van der Waals surface area contributed by atoms with Crippen LogP contribution in [0.5, 0.6) is 0 Å². The molecule has 2 aliphatic heterocycles. The number of guanidine groups is 1. The number of rotatable bonds is 5. The lowest BCUT2D eigenvalue weighted by Crippen LogP contribution is -2.51. The molecule has 1 unspecified atom stereocenters. The Labute approximate surface area is 146 Å². The summed E-state index contributed by atoms with van der Waals surface area (Å²) in [5.74, 6) is 0.523. The van der Waals surface area contributed by atoms with Crippen LogP contribution >= 0.6 is 11.3 Å². The minimum atomic E-state index is -0.488. The summed E-state index contributed by atoms with van der Waals surface area (Å²) >= 11 is 1.66. The first kappa shape index (κ1) is 17.4. The molecule has 8 nitrogen and oxygen atoms in total. The molecule has 0 spiro atoms. The molecule has 1 atom stereocenters. The van der Waals surface area contributed by atoms with Gasteiger partial charge < -0.3 is 25.4 Å². The minimum Gasteiger partial charge on any atom is -0.390 e. The van der Waals surface area contributed by atoms with Crippen LogP contribution in [0, 0.1) is 0 Å². The quantitative estimate of drug-likeness (QED) is 0.532. The van der Waals surface area contributed by atoms with E-state index in [-0.39, 0.29) is 0 Å². The number of aliphatic imine (C=N–C) groups is 1. The van der Waals surface area contributed by atoms with Gasteiger partial charge in [0.2, 0.25) is 0 Å². The normalized spacial score (nSPS) is 22.0. The maximum Gasteiger partial charge on any atom is 0.191 e. The molecule has 2 saturated heterocycles. The first-order valence-electron chi connectivity index (χ1n) is 8.40. The zero-order valence-electron chi connectivity index (χ0n) is 13.9. The highest BCUT2D eigenvalue weighted by molar-refractivity contribution is 7.13. The molecule has 2 fully saturated rings. The number of nitrogens with zero attached hydrogens (tertiary/aromatic N) is 5. The first-order valence-corrected chi connectivity index (χ1v) is 9.28. The van der Waals surface area contributed by atoms with Crippen molar-refractivity contribution in [3.8, 4) is 0 Å². The van der Waals surface area contributed by atoms with Crippen LogP contribution in [-0.4, -0.2) is 97.5 Å². The maximum atomic E-state index is 10.1. The second-order valence-electron chi connectivity index (χ2n) is 6.05. The average Bonchev–Trinajstić information content (AvgIpc) is 3.15. The van der Waals surface area contributed by atoms with Crippen LogP contribution in [0.25, 0.3) is 0 Å². The molecule has 3 N–H and O–H groups in total. The highest BCUT2D eigenvalue weighted by Crippen LogP contribution is 2.18. The van der Waals surface area contributed by atoms with E-state index in [9.17, 15) is 5.11 Å². The molecule has 1 aromatic heterocycles. The van der Waals surface area contributed by atoms with E-state index < -0.39 is 6.10 Å². The minimum absolute atomic E-state index is 0.343. The summed E-state index contributed by atoms with van der Waals surface area (Å²) in [6.07, 6.45) is 1.34. The van der Waals surface area contributed by atoms with Gasteiger partial charge in [-0.3, -0.25) is 9.89 Å². The van der Waals surface area contributed by atoms with E-state index in [1.807, 2.05) is 11.6 Å². The fraction of sp³-hybridized carbons (Fsp3) is 0.733. The van der Waals surface area contributed by atoms with Crippen molar-refractivity contribution in [2.24, 2.45) is 10.7 Å². The van der Waals surface area contributed by atoms with E-state index in [1.165, 1.54) is 0 Å². The Morgan fingerprint density at radius 1 is 1.29 bits per heavy atom. The molecule has 0 bridgehead atoms. The van der Waals surface area contributed by atoms with Crippen LogP contribution in [0.1, 0.15) is 0 Å². The summed E-state index contributed by atoms with van der Waals surface area (Å²) in [6, 6.07) is 0. The van der Waals surface area contributed by atoms with Gasteiger partial charge in [-0.2, -0.15) is 0 Å². The number of β-amino-alcohol motifs (C(OH)–C–C–N with tert-alkyl or cyclic N) is 1. The second-order valence-corrected chi connectivity index (χ2v) is 6.93. The third-order valence-corrected chi connectivity index (χ3v) is 5.16. The maximum absolute atomic E-state index is 10.1. The zero-order chi connectivity index (χ0) is 16.8. The lowest BCUT2D eigenvalue weighted by Gasteiger charge is -2.35. The van der Waals surface area contributed by atoms with E-state index in [0.717, 1.165) is 57.6 Å². The molecule has 3 heterocycles. The van der Waals surface area contributed by atoms with Crippen LogP contribution in [0.4, 0.5) is 5.13 Å². The van der Waals surface area contributed by atoms with Gasteiger partial charge >= 0.3 is 0 Å². The summed E-state index contributed by atoms with van der Waals surface area (Å²) in [5, 5.41) is 13.2. The molecule has 24 heavy (non-hydrogen) atoms. The number of hydrogen-bond acceptors (Lipinski definition) is 7. The number of aromatic nitrogens is 1. The Balaban J connectivity index is 1.41. The van der Waals surface area contributed by atoms with Gasteiger partial charge in [0.15, 0.2) is 11.1 Å². The first-order chi connectivity index (χ1) is 11.7. The zero-order valence-corrected chi connectivity index (χ0v) is 14.7. The monoisotopic (exact) mass is 354 g/mol. The highest BCUT2D eigenvalue weighted by Gasteiger charge is 2.20. The van der Waals surface area contributed by atoms with Gasteiger partial charge in [-0.25, -0.2) is 4.98 Å². The fourth-order valence-electron chi connectivity index (χ4n) is 2.94. The predicted octanol–water partition coefficient (Wildman–Crippen LogP) is -0.727. The summed E-state index contributed by atoms with van der Waals surface area (Å²) in [5.41, 5.74) is 6.09. The lowest BCUT2D eigenvalue weighted by atomic mass is 10.3. The van der Waals surface area contributed by atoms with Gasteiger partial charge in [-0.1, -0.05) is 0 Å². The van der Waals surface area contributed by atoms with Crippen molar-refractivity contribution >= 4 is 22.4 Å². The molecular weight excluding hydrogens is 328 g/mol. The van der Waals surface area contributed by atoms with Crippen LogP contribution in [0.15, 0.2) is 16.6 Å². The van der Waals surface area contributed by atoms with Crippen LogP contribution < -0.4 is 10.6 Å². The number of ether oxygens (including phenoxy) is 1. The molecule has 1 aromatic rings. The summed E-state index contributed by atoms with van der Waals surface area (Å²) < 4.78 is 5.31. The molecule has 0 aliphatic carbocycles. The Bertz CT molecular complexity index is 512. The predicted molar refractivity (Wildman–Crippen MR) is 95.7 cm³/mol. The Morgan fingerprint density at radius 3 is 2.71 bits per heavy atom. The van der Waals surface area contributed by atoms with Crippen molar-refractivity contribution < 1.29 is 9.84 Å². The number of nitrogens with two attached hydrogens (primary N) is 1. The smallest absolute Gasteiger partial charge is 0.191 e. The van der Waals surface area contributed by atoms with Gasteiger partial charge in [0.25, 0.3) is 0 Å². The van der Waals surface area contributed by atoms with Gasteiger partial charge in [-0.05, 0) is 0 Å². The lowest BCUT2D eigenvalue weighted by molar-refractivity contribution is 0.0164. The number of aliphatic hydroxyl groups excluding tert-OH is 1. The number of thiazole rings is 1. The molecule has 0 aromatic carbocycles. The third-order valence-electron chi connectivity index (χ3n) is 4.33. The summed E-state index contributed by atoms with van der Waals surface area (Å²) in [6.45, 7) is 7.61. The van der Waals surface area contributed by atoms with Crippen molar-refractivity contribution in [2.45, 2.75) is 6.10 Å². The molecular formula is C15H26N6O2S. The van der Waals surface area contributed by atoms with E-state index >= 15 is 0 Å². The van der Waals surface area contributed by atoms with E-state index in [4.69, 9.17) is 10.5 Å². The van der Waals surface area contributed by atoms with E-state index in [1.54, 1.807) is 11.3 Å². The number of piperazine rings is 1. The molecule has 2 aliphatic rings. The third kappa shape index (κ3) is 4.79. The second kappa shape index (κ2) is 8.61. The van der Waals surface area contributed by atoms with Crippen molar-refractivity contribution in [1.29, 1.82) is 0 Å². The van der Waals surface area contributed by atoms with Crippen molar-refractivity contribution in [2.75, 3.05) is 70.5 Å². The summed E-state index contributed by atoms with van der Waals surface area (Å²) in [4.78, 5) is 15.3. The van der Waals surface area contributed by atoms with Crippen LogP contribution in [-0.2, 0) is 4.74 Å². The largest absolute Gasteiger partial charge is 0.390 e. The van der Waals surface area contributed by atoms with Gasteiger partial charge in [0, 0.05) is 57.4 Å². The van der Waals surface area contributed by atoms with E-state index in [0.29, 0.717) is 19.0 Å². The number of morpholine rings is 1. The molecule has 9 heteroatoms. The number of aliphatic hydroxyl groups is 1. The number of hydrogen-bond donors (Lipinski definition) is 2. The van der Waals surface area contributed by atoms with Crippen LogP contribution in [0.2, 0.25) is 0 Å². The molecule has 0 amide bonds. The molecule has 0 saturated carbocycles. The van der Waals surface area contributed by atoms with E-state index in [2.05, 4.69) is 24.7 Å². The molecule has 3 rings (SSSR count). The van der Waals surface area contributed by atoms with Gasteiger partial charge in [0.05, 0.1) is 25.9 Å². The van der Waals surface area contributed by atoms with Crippen molar-refractivity contribution in [3.63, 3.8) is 0 Å². The van der Waals surface area contributed by atoms with Crippen molar-refractivity contribution in [3.05, 3.63) is 11.6 Å². The van der Waals surface area contributed by atoms with Gasteiger partial charge in [0.1, 0.15) is 0 Å². The topological polar surface area (TPSA) is 90.4 Å². The Morgan fingerprint density at radius 2 is 2.04 bits per heavy atom. The standard InChI is InChI=1S/C15H26N6O2S/c16-14(18-11-13(22)12-19-6-8-23-9-7-19)20-2-4-21(5-3-20)15-17-1-10-24-15/h1,10,13,22H,2-9,11-12H2,(H2,16,18). The average molecular weight is 354 g/mol. The number of anilines is 1. The van der Waals surface area contributed by atoms with Crippen molar-refractivity contribution in [1.82, 2.24) is 14.8 Å². The molecule has 0 radical (unpaired) electrons.